The zero-order chi connectivity index (χ0) is 21.1. The first-order valence-corrected chi connectivity index (χ1v) is 10.8. The van der Waals surface area contributed by atoms with Crippen LogP contribution in [0.15, 0.2) is 103 Å². The van der Waals surface area contributed by atoms with Crippen LogP contribution in [0.5, 0.6) is 0 Å². The molecule has 150 valence electrons. The molecule has 0 aliphatic heterocycles. The molecule has 1 aliphatic carbocycles. The van der Waals surface area contributed by atoms with Crippen LogP contribution in [0.25, 0.3) is 38.9 Å². The summed E-state index contributed by atoms with van der Waals surface area (Å²) in [6, 6.07) is 33.9. The molecule has 1 aliphatic rings. The second kappa shape index (κ2) is 6.59. The van der Waals surface area contributed by atoms with Crippen LogP contribution >= 0.6 is 0 Å². The minimum Gasteiger partial charge on any atom is -0.278 e. The normalized spacial score (nSPS) is 12.9. The Bertz CT molecular complexity index is 1550. The molecule has 0 bridgehead atoms. The third-order valence-electron chi connectivity index (χ3n) is 6.45. The van der Waals surface area contributed by atoms with Crippen molar-refractivity contribution >= 4 is 21.8 Å². The van der Waals surface area contributed by atoms with Gasteiger partial charge in [0, 0.05) is 10.8 Å². The molecule has 2 heterocycles. The molecule has 7 rings (SSSR count). The molecular formula is C28H18N4. The molecule has 0 fully saturated rings. The summed E-state index contributed by atoms with van der Waals surface area (Å²) >= 11 is 0. The minimum absolute atomic E-state index is 0.00256. The van der Waals surface area contributed by atoms with Gasteiger partial charge in [0.15, 0.2) is 0 Å². The standard InChI is InChI=1S/C28H18N4/c1-3-13-22-18(9-1)19-10-2-4-14-23(19)26(22)27-29-17-30-28(31-27)32-24-15-7-5-11-20(24)21-12-6-8-16-25(21)32/h1-17,26H. The Labute approximate surface area is 184 Å². The number of aromatic nitrogens is 4. The van der Waals surface area contributed by atoms with Crippen LogP contribution < -0.4 is 0 Å². The first kappa shape index (κ1) is 17.4. The molecule has 6 aromatic rings. The van der Waals surface area contributed by atoms with Gasteiger partial charge in [-0.3, -0.25) is 4.57 Å². The fourth-order valence-corrected chi connectivity index (χ4v) is 5.12. The van der Waals surface area contributed by atoms with Gasteiger partial charge in [-0.1, -0.05) is 84.9 Å². The van der Waals surface area contributed by atoms with Crippen molar-refractivity contribution in [2.75, 3.05) is 0 Å². The van der Waals surface area contributed by atoms with Crippen LogP contribution in [-0.4, -0.2) is 19.5 Å². The van der Waals surface area contributed by atoms with Crippen molar-refractivity contribution < 1.29 is 0 Å². The van der Waals surface area contributed by atoms with Crippen LogP contribution in [0.4, 0.5) is 0 Å². The van der Waals surface area contributed by atoms with E-state index in [2.05, 4.69) is 112 Å². The van der Waals surface area contributed by atoms with Crippen LogP contribution in [0.3, 0.4) is 0 Å². The van der Waals surface area contributed by atoms with Crippen molar-refractivity contribution in [3.8, 4) is 17.1 Å². The summed E-state index contributed by atoms with van der Waals surface area (Å²) in [6.45, 7) is 0. The molecule has 0 unspecified atom stereocenters. The van der Waals surface area contributed by atoms with Crippen LogP contribution in [-0.2, 0) is 0 Å². The molecule has 0 saturated carbocycles. The molecule has 4 aromatic carbocycles. The molecule has 0 spiro atoms. The van der Waals surface area contributed by atoms with Crippen molar-refractivity contribution in [2.24, 2.45) is 0 Å². The molecule has 32 heavy (non-hydrogen) atoms. The summed E-state index contributed by atoms with van der Waals surface area (Å²) < 4.78 is 2.14. The van der Waals surface area contributed by atoms with Gasteiger partial charge in [-0.15, -0.1) is 0 Å². The number of fused-ring (bicyclic) bond motifs is 6. The number of para-hydroxylation sites is 2. The zero-order valence-electron chi connectivity index (χ0n) is 17.2. The first-order chi connectivity index (χ1) is 15.9. The van der Waals surface area contributed by atoms with Crippen LogP contribution in [0, 0.1) is 0 Å². The summed E-state index contributed by atoms with van der Waals surface area (Å²) in [4.78, 5) is 14.3. The van der Waals surface area contributed by atoms with E-state index in [4.69, 9.17) is 4.98 Å². The van der Waals surface area contributed by atoms with E-state index in [1.807, 2.05) is 0 Å². The maximum absolute atomic E-state index is 5.04. The summed E-state index contributed by atoms with van der Waals surface area (Å²) in [6.07, 6.45) is 1.64. The van der Waals surface area contributed by atoms with Gasteiger partial charge in [0.1, 0.15) is 12.2 Å². The fraction of sp³-hybridized carbons (Fsp3) is 0.0357. The van der Waals surface area contributed by atoms with Crippen molar-refractivity contribution in [2.45, 2.75) is 5.92 Å². The summed E-state index contributed by atoms with van der Waals surface area (Å²) in [5.41, 5.74) is 7.19. The maximum atomic E-state index is 5.04. The Morgan fingerprint density at radius 1 is 0.562 bits per heavy atom. The third kappa shape index (κ3) is 2.35. The van der Waals surface area contributed by atoms with Gasteiger partial charge in [0.05, 0.1) is 17.0 Å². The summed E-state index contributed by atoms with van der Waals surface area (Å²) in [5.74, 6) is 1.42. The highest BCUT2D eigenvalue weighted by Gasteiger charge is 2.31. The Balaban J connectivity index is 1.48. The Kier molecular flexibility index (Phi) is 3.58. The van der Waals surface area contributed by atoms with E-state index in [9.17, 15) is 0 Å². The predicted molar refractivity (Wildman–Crippen MR) is 127 cm³/mol. The summed E-state index contributed by atoms with van der Waals surface area (Å²) in [5, 5.41) is 2.39. The van der Waals surface area contributed by atoms with E-state index in [-0.39, 0.29) is 5.92 Å². The topological polar surface area (TPSA) is 43.6 Å². The van der Waals surface area contributed by atoms with Crippen molar-refractivity contribution in [3.05, 3.63) is 120 Å². The minimum atomic E-state index is -0.00256. The molecule has 4 nitrogen and oxygen atoms in total. The second-order valence-corrected chi connectivity index (χ2v) is 8.12. The number of nitrogens with zero attached hydrogens (tertiary/aromatic N) is 4. The molecule has 0 saturated heterocycles. The lowest BCUT2D eigenvalue weighted by atomic mass is 9.96. The smallest absolute Gasteiger partial charge is 0.237 e. The van der Waals surface area contributed by atoms with E-state index >= 15 is 0 Å². The highest BCUT2D eigenvalue weighted by Crippen LogP contribution is 2.46. The largest absolute Gasteiger partial charge is 0.278 e. The lowest BCUT2D eigenvalue weighted by Gasteiger charge is -2.13. The van der Waals surface area contributed by atoms with Gasteiger partial charge in [-0.25, -0.2) is 9.97 Å². The van der Waals surface area contributed by atoms with Gasteiger partial charge in [-0.05, 0) is 34.4 Å². The van der Waals surface area contributed by atoms with E-state index in [0.29, 0.717) is 5.95 Å². The van der Waals surface area contributed by atoms with Gasteiger partial charge < -0.3 is 0 Å². The third-order valence-corrected chi connectivity index (χ3v) is 6.45. The average molecular weight is 410 g/mol. The monoisotopic (exact) mass is 410 g/mol. The van der Waals surface area contributed by atoms with E-state index in [1.165, 1.54) is 33.0 Å². The maximum Gasteiger partial charge on any atom is 0.237 e. The molecule has 0 amide bonds. The van der Waals surface area contributed by atoms with Crippen molar-refractivity contribution in [3.63, 3.8) is 0 Å². The molecule has 0 N–H and O–H groups in total. The molecule has 2 aromatic heterocycles. The lowest BCUT2D eigenvalue weighted by molar-refractivity contribution is 0.817. The second-order valence-electron chi connectivity index (χ2n) is 8.12. The van der Waals surface area contributed by atoms with E-state index in [0.717, 1.165) is 16.9 Å². The molecule has 4 heteroatoms. The van der Waals surface area contributed by atoms with Gasteiger partial charge in [0.25, 0.3) is 0 Å². The van der Waals surface area contributed by atoms with Crippen molar-refractivity contribution in [1.82, 2.24) is 19.5 Å². The Morgan fingerprint density at radius 2 is 1.09 bits per heavy atom. The van der Waals surface area contributed by atoms with Gasteiger partial charge >= 0.3 is 0 Å². The lowest BCUT2D eigenvalue weighted by Crippen LogP contribution is -2.10. The fourth-order valence-electron chi connectivity index (χ4n) is 5.12. The number of benzene rings is 4. The van der Waals surface area contributed by atoms with E-state index < -0.39 is 0 Å². The Morgan fingerprint density at radius 3 is 1.72 bits per heavy atom. The van der Waals surface area contributed by atoms with Crippen LogP contribution in [0.1, 0.15) is 22.9 Å². The highest BCUT2D eigenvalue weighted by atomic mass is 15.2. The highest BCUT2D eigenvalue weighted by molar-refractivity contribution is 6.08. The molecular weight excluding hydrogens is 392 g/mol. The predicted octanol–water partition coefficient (Wildman–Crippen LogP) is 6.13. The van der Waals surface area contributed by atoms with Gasteiger partial charge in [0.2, 0.25) is 5.95 Å². The number of hydrogen-bond acceptors (Lipinski definition) is 3. The van der Waals surface area contributed by atoms with Crippen LogP contribution in [0.2, 0.25) is 0 Å². The summed E-state index contributed by atoms with van der Waals surface area (Å²) in [7, 11) is 0. The van der Waals surface area contributed by atoms with Crippen molar-refractivity contribution in [1.29, 1.82) is 0 Å². The molecule has 0 atom stereocenters. The van der Waals surface area contributed by atoms with E-state index in [1.54, 1.807) is 6.33 Å². The average Bonchev–Trinajstić information content (AvgIpc) is 3.37. The number of rotatable bonds is 2. The number of hydrogen-bond donors (Lipinski definition) is 0. The SMILES string of the molecule is c1ccc2c(c1)-c1ccccc1C2c1ncnc(-n2c3ccccc3c3ccccc32)n1. The zero-order valence-corrected chi connectivity index (χ0v) is 17.2. The quantitative estimate of drug-likeness (QED) is 0.344. The molecule has 0 radical (unpaired) electrons. The Hall–Kier alpha value is -4.31. The van der Waals surface area contributed by atoms with Gasteiger partial charge in [-0.2, -0.15) is 4.98 Å². The first-order valence-electron chi connectivity index (χ1n) is 10.8.